The van der Waals surface area contributed by atoms with Crippen LogP contribution < -0.4 is 0 Å². The number of aryl methyl sites for hydroxylation is 1. The van der Waals surface area contributed by atoms with E-state index in [2.05, 4.69) is 42.2 Å². The summed E-state index contributed by atoms with van der Waals surface area (Å²) in [6.07, 6.45) is 3.28. The van der Waals surface area contributed by atoms with Crippen molar-refractivity contribution in [1.29, 1.82) is 5.26 Å². The highest BCUT2D eigenvalue weighted by Crippen LogP contribution is 2.19. The quantitative estimate of drug-likeness (QED) is 0.773. The smallest absolute Gasteiger partial charge is 0.0981 e. The van der Waals surface area contributed by atoms with Crippen molar-refractivity contribution >= 4 is 0 Å². The fraction of sp³-hybridized carbons (Fsp3) is 0.500. The average Bonchev–Trinajstić information content (AvgIpc) is 2.77. The van der Waals surface area contributed by atoms with Crippen LogP contribution >= 0.6 is 0 Å². The molecule has 0 N–H and O–H groups in total. The summed E-state index contributed by atoms with van der Waals surface area (Å²) in [5, 5.41) is 9.00. The van der Waals surface area contributed by atoms with Gasteiger partial charge >= 0.3 is 0 Å². The Balaban J connectivity index is 2.01. The second kappa shape index (κ2) is 5.14. The number of likely N-dealkylation sites (tertiary alicyclic amines) is 1. The van der Waals surface area contributed by atoms with Crippen molar-refractivity contribution < 1.29 is 0 Å². The molecule has 1 heterocycles. The summed E-state index contributed by atoms with van der Waals surface area (Å²) in [7, 11) is 0. The van der Waals surface area contributed by atoms with Gasteiger partial charge in [-0.2, -0.15) is 5.26 Å². The number of benzene rings is 1. The number of nitrogens with zero attached hydrogens (tertiary/aromatic N) is 2. The van der Waals surface area contributed by atoms with Crippen LogP contribution in [0.3, 0.4) is 0 Å². The van der Waals surface area contributed by atoms with Crippen LogP contribution in [0.25, 0.3) is 0 Å². The molecule has 2 nitrogen and oxygen atoms in total. The maximum Gasteiger partial charge on any atom is 0.0981 e. The molecule has 1 aromatic carbocycles. The van der Waals surface area contributed by atoms with Gasteiger partial charge in [0.2, 0.25) is 0 Å². The van der Waals surface area contributed by atoms with E-state index < -0.39 is 0 Å². The van der Waals surface area contributed by atoms with Gasteiger partial charge in [0.15, 0.2) is 0 Å². The summed E-state index contributed by atoms with van der Waals surface area (Å²) in [4.78, 5) is 2.28. The van der Waals surface area contributed by atoms with Gasteiger partial charge in [0.05, 0.1) is 12.1 Å². The van der Waals surface area contributed by atoms with E-state index in [1.807, 2.05) is 0 Å². The van der Waals surface area contributed by atoms with Crippen molar-refractivity contribution in [2.45, 2.75) is 38.8 Å². The summed E-state index contributed by atoms with van der Waals surface area (Å²) in [6, 6.07) is 11.3. The van der Waals surface area contributed by atoms with Gasteiger partial charge in [-0.25, -0.2) is 0 Å². The van der Waals surface area contributed by atoms with Gasteiger partial charge in [0.1, 0.15) is 0 Å². The lowest BCUT2D eigenvalue weighted by Crippen LogP contribution is -2.27. The first-order valence-electron chi connectivity index (χ1n) is 6.05. The van der Waals surface area contributed by atoms with E-state index in [9.17, 15) is 0 Å². The predicted octanol–water partition coefficient (Wildman–Crippen LogP) is 2.74. The van der Waals surface area contributed by atoms with Gasteiger partial charge in [-0.05, 0) is 36.9 Å². The molecule has 1 unspecified atom stereocenters. The zero-order valence-corrected chi connectivity index (χ0v) is 9.82. The number of hydrogen-bond acceptors (Lipinski definition) is 2. The van der Waals surface area contributed by atoms with E-state index in [1.54, 1.807) is 0 Å². The fourth-order valence-corrected chi connectivity index (χ4v) is 2.28. The molecule has 0 saturated carbocycles. The highest BCUT2D eigenvalue weighted by atomic mass is 15.2. The van der Waals surface area contributed by atoms with Crippen molar-refractivity contribution in [3.8, 4) is 6.07 Å². The Morgan fingerprint density at radius 1 is 1.31 bits per heavy atom. The highest BCUT2D eigenvalue weighted by molar-refractivity contribution is 5.22. The third-order valence-corrected chi connectivity index (χ3v) is 3.33. The summed E-state index contributed by atoms with van der Waals surface area (Å²) in [6.45, 7) is 4.15. The first-order valence-corrected chi connectivity index (χ1v) is 6.05. The first-order chi connectivity index (χ1) is 7.83. The SMILES string of the molecule is CCc1ccc(CN2CCCC2C#N)cc1. The van der Waals surface area contributed by atoms with Crippen molar-refractivity contribution in [2.24, 2.45) is 0 Å². The maximum absolute atomic E-state index is 9.00. The van der Waals surface area contributed by atoms with E-state index >= 15 is 0 Å². The van der Waals surface area contributed by atoms with Crippen molar-refractivity contribution in [2.75, 3.05) is 6.54 Å². The van der Waals surface area contributed by atoms with Gasteiger partial charge in [-0.15, -0.1) is 0 Å². The first kappa shape index (κ1) is 11.2. The van der Waals surface area contributed by atoms with Crippen LogP contribution in [-0.4, -0.2) is 17.5 Å². The fourth-order valence-electron chi connectivity index (χ4n) is 2.28. The monoisotopic (exact) mass is 214 g/mol. The second-order valence-electron chi connectivity index (χ2n) is 4.43. The molecule has 1 aromatic rings. The van der Waals surface area contributed by atoms with Gasteiger partial charge in [-0.3, -0.25) is 4.90 Å². The molecule has 16 heavy (non-hydrogen) atoms. The normalized spacial score (nSPS) is 20.9. The molecule has 0 aromatic heterocycles. The highest BCUT2D eigenvalue weighted by Gasteiger charge is 2.23. The Morgan fingerprint density at radius 3 is 2.62 bits per heavy atom. The van der Waals surface area contributed by atoms with Gasteiger partial charge in [0.25, 0.3) is 0 Å². The van der Waals surface area contributed by atoms with Crippen LogP contribution in [0.15, 0.2) is 24.3 Å². The molecule has 0 spiro atoms. The molecule has 2 heteroatoms. The van der Waals surface area contributed by atoms with Gasteiger partial charge in [-0.1, -0.05) is 31.2 Å². The van der Waals surface area contributed by atoms with Crippen LogP contribution in [0, 0.1) is 11.3 Å². The lowest BCUT2D eigenvalue weighted by atomic mass is 10.1. The zero-order valence-electron chi connectivity index (χ0n) is 9.82. The summed E-state index contributed by atoms with van der Waals surface area (Å²) in [5.74, 6) is 0. The minimum absolute atomic E-state index is 0.130. The third-order valence-electron chi connectivity index (χ3n) is 3.33. The molecule has 1 aliphatic rings. The van der Waals surface area contributed by atoms with Crippen LogP contribution in [0.1, 0.15) is 30.9 Å². The Bertz CT molecular complexity index is 375. The number of hydrogen-bond donors (Lipinski definition) is 0. The molecule has 0 aliphatic carbocycles. The Kier molecular flexibility index (Phi) is 3.58. The Morgan fingerprint density at radius 2 is 2.00 bits per heavy atom. The standard InChI is InChI=1S/C14H18N2/c1-2-12-5-7-13(8-6-12)11-16-9-3-4-14(16)10-15/h5-8,14H,2-4,9,11H2,1H3. The third kappa shape index (κ3) is 2.43. The maximum atomic E-state index is 9.00. The molecule has 1 atom stereocenters. The van der Waals surface area contributed by atoms with Crippen LogP contribution in [0.4, 0.5) is 0 Å². The largest absolute Gasteiger partial charge is 0.284 e. The molecule has 1 fully saturated rings. The average molecular weight is 214 g/mol. The van der Waals surface area contributed by atoms with E-state index in [0.29, 0.717) is 0 Å². The number of nitriles is 1. The minimum Gasteiger partial charge on any atom is -0.284 e. The molecule has 1 aliphatic heterocycles. The van der Waals surface area contributed by atoms with Crippen LogP contribution in [0.2, 0.25) is 0 Å². The molecule has 0 amide bonds. The summed E-state index contributed by atoms with van der Waals surface area (Å²) in [5.41, 5.74) is 2.70. The van der Waals surface area contributed by atoms with E-state index in [4.69, 9.17) is 5.26 Å². The molecular formula is C14H18N2. The van der Waals surface area contributed by atoms with Gasteiger partial charge < -0.3 is 0 Å². The molecule has 2 rings (SSSR count). The van der Waals surface area contributed by atoms with E-state index in [0.717, 1.165) is 32.4 Å². The second-order valence-corrected chi connectivity index (χ2v) is 4.43. The van der Waals surface area contributed by atoms with Crippen molar-refractivity contribution in [3.05, 3.63) is 35.4 Å². The lowest BCUT2D eigenvalue weighted by molar-refractivity contribution is 0.286. The predicted molar refractivity (Wildman–Crippen MR) is 64.9 cm³/mol. The molecule has 0 radical (unpaired) electrons. The molecule has 84 valence electrons. The van der Waals surface area contributed by atoms with Gasteiger partial charge in [0, 0.05) is 6.54 Å². The molecule has 1 saturated heterocycles. The van der Waals surface area contributed by atoms with E-state index in [1.165, 1.54) is 11.1 Å². The van der Waals surface area contributed by atoms with Crippen molar-refractivity contribution in [3.63, 3.8) is 0 Å². The van der Waals surface area contributed by atoms with Crippen LogP contribution in [-0.2, 0) is 13.0 Å². The summed E-state index contributed by atoms with van der Waals surface area (Å²) < 4.78 is 0. The Labute approximate surface area is 97.5 Å². The summed E-state index contributed by atoms with van der Waals surface area (Å²) >= 11 is 0. The number of rotatable bonds is 3. The molecular weight excluding hydrogens is 196 g/mol. The topological polar surface area (TPSA) is 27.0 Å². The van der Waals surface area contributed by atoms with E-state index in [-0.39, 0.29) is 6.04 Å². The van der Waals surface area contributed by atoms with Crippen molar-refractivity contribution in [1.82, 2.24) is 4.90 Å². The van der Waals surface area contributed by atoms with Crippen LogP contribution in [0.5, 0.6) is 0 Å². The minimum atomic E-state index is 0.130. The zero-order chi connectivity index (χ0) is 11.4. The Hall–Kier alpha value is -1.33. The lowest BCUT2D eigenvalue weighted by Gasteiger charge is -2.18. The molecule has 0 bridgehead atoms.